The van der Waals surface area contributed by atoms with Crippen LogP contribution in [0.1, 0.15) is 46.4 Å². The molecule has 0 atom stereocenters. The third-order valence-corrected chi connectivity index (χ3v) is 3.68. The monoisotopic (exact) mass is 277 g/mol. The summed E-state index contributed by atoms with van der Waals surface area (Å²) >= 11 is 0. The molecular weight excluding hydrogens is 258 g/mol. The zero-order valence-corrected chi connectivity index (χ0v) is 11.5. The van der Waals surface area contributed by atoms with Crippen LogP contribution in [0.4, 0.5) is 0 Å². The summed E-state index contributed by atoms with van der Waals surface area (Å²) in [4.78, 5) is 23.2. The molecule has 2 N–H and O–H groups in total. The van der Waals surface area contributed by atoms with Gasteiger partial charge in [-0.1, -0.05) is 12.8 Å². The van der Waals surface area contributed by atoms with Crippen molar-refractivity contribution < 1.29 is 19.4 Å². The van der Waals surface area contributed by atoms with Crippen molar-refractivity contribution in [3.63, 3.8) is 0 Å². The number of esters is 1. The molecule has 1 fully saturated rings. The first kappa shape index (κ1) is 14.5. The van der Waals surface area contributed by atoms with Crippen LogP contribution in [0.2, 0.25) is 0 Å². The molecule has 1 saturated carbocycles. The fourth-order valence-electron chi connectivity index (χ4n) is 2.43. The molecule has 5 nitrogen and oxygen atoms in total. The highest BCUT2D eigenvalue weighted by molar-refractivity contribution is 5.96. The number of aliphatic hydroxyl groups is 1. The fourth-order valence-corrected chi connectivity index (χ4v) is 2.43. The molecule has 0 heterocycles. The first-order valence-electron chi connectivity index (χ1n) is 6.73. The van der Waals surface area contributed by atoms with Gasteiger partial charge in [0.25, 0.3) is 5.91 Å². The summed E-state index contributed by atoms with van der Waals surface area (Å²) in [5.41, 5.74) is 0.0967. The van der Waals surface area contributed by atoms with Gasteiger partial charge in [-0.25, -0.2) is 4.79 Å². The van der Waals surface area contributed by atoms with Crippen LogP contribution >= 0.6 is 0 Å². The molecule has 1 aliphatic rings. The van der Waals surface area contributed by atoms with E-state index in [1.807, 2.05) is 0 Å². The van der Waals surface area contributed by atoms with E-state index in [4.69, 9.17) is 0 Å². The number of carbonyl (C=O) groups excluding carboxylic acids is 2. The number of carbonyl (C=O) groups is 2. The van der Waals surface area contributed by atoms with Crippen molar-refractivity contribution in [3.8, 4) is 0 Å². The number of ether oxygens (including phenoxy) is 1. The van der Waals surface area contributed by atoms with Crippen LogP contribution in [0.15, 0.2) is 24.3 Å². The molecule has 108 valence electrons. The van der Waals surface area contributed by atoms with Crippen molar-refractivity contribution in [1.29, 1.82) is 0 Å². The highest BCUT2D eigenvalue weighted by Crippen LogP contribution is 2.28. The van der Waals surface area contributed by atoms with Gasteiger partial charge >= 0.3 is 5.97 Å². The molecule has 1 amide bonds. The van der Waals surface area contributed by atoms with E-state index in [1.54, 1.807) is 24.3 Å². The Bertz CT molecular complexity index is 489. The smallest absolute Gasteiger partial charge is 0.337 e. The largest absolute Gasteiger partial charge is 0.465 e. The van der Waals surface area contributed by atoms with Gasteiger partial charge in [-0.15, -0.1) is 0 Å². The summed E-state index contributed by atoms with van der Waals surface area (Å²) in [5.74, 6) is -0.682. The first-order chi connectivity index (χ1) is 9.54. The van der Waals surface area contributed by atoms with Gasteiger partial charge in [-0.05, 0) is 37.1 Å². The topological polar surface area (TPSA) is 75.6 Å². The molecule has 5 heteroatoms. The molecular formula is C15H19NO4. The second-order valence-corrected chi connectivity index (χ2v) is 5.18. The number of amides is 1. The summed E-state index contributed by atoms with van der Waals surface area (Å²) in [6.45, 7) is 0.268. The van der Waals surface area contributed by atoms with E-state index >= 15 is 0 Å². The quantitative estimate of drug-likeness (QED) is 0.818. The third kappa shape index (κ3) is 3.36. The van der Waals surface area contributed by atoms with Crippen molar-refractivity contribution >= 4 is 11.9 Å². The number of benzene rings is 1. The maximum Gasteiger partial charge on any atom is 0.337 e. The lowest BCUT2D eigenvalue weighted by molar-refractivity contribution is 0.0449. The third-order valence-electron chi connectivity index (χ3n) is 3.68. The number of rotatable bonds is 4. The Kier molecular flexibility index (Phi) is 4.39. The van der Waals surface area contributed by atoms with Gasteiger partial charge in [-0.2, -0.15) is 0 Å². The van der Waals surface area contributed by atoms with Crippen molar-refractivity contribution in [1.82, 2.24) is 5.32 Å². The number of nitrogens with one attached hydrogen (secondary N) is 1. The summed E-state index contributed by atoms with van der Waals surface area (Å²) in [6.07, 6.45) is 3.46. The summed E-state index contributed by atoms with van der Waals surface area (Å²) in [5, 5.41) is 12.9. The van der Waals surface area contributed by atoms with Gasteiger partial charge in [0.05, 0.1) is 18.3 Å². The first-order valence-corrected chi connectivity index (χ1v) is 6.73. The minimum absolute atomic E-state index is 0.248. The van der Waals surface area contributed by atoms with E-state index in [0.717, 1.165) is 25.7 Å². The zero-order chi connectivity index (χ0) is 14.6. The zero-order valence-electron chi connectivity index (χ0n) is 11.5. The van der Waals surface area contributed by atoms with Gasteiger partial charge in [0.1, 0.15) is 0 Å². The summed E-state index contributed by atoms with van der Waals surface area (Å²) in [7, 11) is 1.31. The van der Waals surface area contributed by atoms with E-state index in [0.29, 0.717) is 11.1 Å². The Balaban J connectivity index is 1.94. The van der Waals surface area contributed by atoms with Gasteiger partial charge < -0.3 is 15.2 Å². The molecule has 1 aromatic carbocycles. The Morgan fingerprint density at radius 3 is 2.30 bits per heavy atom. The van der Waals surface area contributed by atoms with Crippen LogP contribution in [0.3, 0.4) is 0 Å². The maximum absolute atomic E-state index is 12.0. The molecule has 0 unspecified atom stereocenters. The number of hydrogen-bond donors (Lipinski definition) is 2. The van der Waals surface area contributed by atoms with E-state index in [-0.39, 0.29) is 12.5 Å². The van der Waals surface area contributed by atoms with Crippen molar-refractivity contribution in [3.05, 3.63) is 35.4 Å². The van der Waals surface area contributed by atoms with Crippen LogP contribution in [0.25, 0.3) is 0 Å². The minimum atomic E-state index is -0.762. The molecule has 0 bridgehead atoms. The molecule has 0 aromatic heterocycles. The molecule has 1 aromatic rings. The average molecular weight is 277 g/mol. The second-order valence-electron chi connectivity index (χ2n) is 5.18. The molecule has 20 heavy (non-hydrogen) atoms. The second kappa shape index (κ2) is 6.05. The van der Waals surface area contributed by atoms with Gasteiger partial charge in [0.2, 0.25) is 0 Å². The van der Waals surface area contributed by atoms with Gasteiger partial charge in [0, 0.05) is 12.1 Å². The predicted octanol–water partition coefficient (Wildman–Crippen LogP) is 1.51. The van der Waals surface area contributed by atoms with Crippen molar-refractivity contribution in [2.24, 2.45) is 0 Å². The predicted molar refractivity (Wildman–Crippen MR) is 73.5 cm³/mol. The standard InChI is InChI=1S/C15H19NO4/c1-20-14(18)12-6-4-11(5-7-12)13(17)16-10-15(19)8-2-3-9-15/h4-7,19H,2-3,8-10H2,1H3,(H,16,17). The Hall–Kier alpha value is -1.88. The van der Waals surface area contributed by atoms with Gasteiger partial charge in [0.15, 0.2) is 0 Å². The summed E-state index contributed by atoms with van der Waals surface area (Å²) < 4.78 is 4.59. The van der Waals surface area contributed by atoms with E-state index in [9.17, 15) is 14.7 Å². The Morgan fingerprint density at radius 1 is 1.20 bits per heavy atom. The molecule has 0 saturated heterocycles. The van der Waals surface area contributed by atoms with E-state index in [2.05, 4.69) is 10.1 Å². The number of methoxy groups -OCH3 is 1. The normalized spacial score (nSPS) is 16.7. The average Bonchev–Trinajstić information content (AvgIpc) is 2.91. The lowest BCUT2D eigenvalue weighted by Gasteiger charge is -2.22. The van der Waals surface area contributed by atoms with E-state index in [1.165, 1.54) is 7.11 Å². The minimum Gasteiger partial charge on any atom is -0.465 e. The SMILES string of the molecule is COC(=O)c1ccc(C(=O)NCC2(O)CCCC2)cc1. The summed E-state index contributed by atoms with van der Waals surface area (Å²) in [6, 6.07) is 6.23. The van der Waals surface area contributed by atoms with Crippen molar-refractivity contribution in [2.45, 2.75) is 31.3 Å². The molecule has 0 radical (unpaired) electrons. The van der Waals surface area contributed by atoms with Crippen LogP contribution in [0, 0.1) is 0 Å². The van der Waals surface area contributed by atoms with Gasteiger partial charge in [-0.3, -0.25) is 4.79 Å². The number of hydrogen-bond acceptors (Lipinski definition) is 4. The van der Waals surface area contributed by atoms with Crippen LogP contribution in [-0.2, 0) is 4.74 Å². The lowest BCUT2D eigenvalue weighted by atomic mass is 10.0. The highest BCUT2D eigenvalue weighted by atomic mass is 16.5. The van der Waals surface area contributed by atoms with Crippen molar-refractivity contribution in [2.75, 3.05) is 13.7 Å². The van der Waals surface area contributed by atoms with Crippen LogP contribution in [-0.4, -0.2) is 36.2 Å². The van der Waals surface area contributed by atoms with E-state index < -0.39 is 11.6 Å². The maximum atomic E-state index is 12.0. The molecule has 0 spiro atoms. The molecule has 2 rings (SSSR count). The Morgan fingerprint density at radius 2 is 1.75 bits per heavy atom. The fraction of sp³-hybridized carbons (Fsp3) is 0.467. The molecule has 0 aliphatic heterocycles. The molecule has 1 aliphatic carbocycles. The highest BCUT2D eigenvalue weighted by Gasteiger charge is 2.31. The Labute approximate surface area is 117 Å². The van der Waals surface area contributed by atoms with Crippen LogP contribution < -0.4 is 5.32 Å². The lowest BCUT2D eigenvalue weighted by Crippen LogP contribution is -2.40. The van der Waals surface area contributed by atoms with Crippen LogP contribution in [0.5, 0.6) is 0 Å².